The van der Waals surface area contributed by atoms with Gasteiger partial charge in [0, 0.05) is 6.61 Å². The summed E-state index contributed by atoms with van der Waals surface area (Å²) in [6.07, 6.45) is 4.38. The van der Waals surface area contributed by atoms with Gasteiger partial charge in [-0.05, 0) is 12.3 Å². The molecule has 0 aliphatic heterocycles. The number of hydrogen-bond donors (Lipinski definition) is 0. The minimum absolute atomic E-state index is 0. The molecule has 0 saturated heterocycles. The fourth-order valence-electron chi connectivity index (χ4n) is 1.08. The summed E-state index contributed by atoms with van der Waals surface area (Å²) in [4.78, 5) is 10.1. The van der Waals surface area contributed by atoms with Gasteiger partial charge in [0.1, 0.15) is 0 Å². The molecular formula is C8H17CsO3Si. The van der Waals surface area contributed by atoms with Crippen molar-refractivity contribution in [2.24, 2.45) is 5.92 Å². The molecule has 0 bridgehead atoms. The van der Waals surface area contributed by atoms with Crippen LogP contribution in [0.2, 0.25) is 0 Å². The maximum absolute atomic E-state index is 10.1. The van der Waals surface area contributed by atoms with E-state index >= 15 is 0 Å². The topological polar surface area (TPSA) is 49.4 Å². The van der Waals surface area contributed by atoms with Gasteiger partial charge < -0.3 is 13.7 Å². The molecule has 0 aromatic heterocycles. The van der Waals surface area contributed by atoms with Crippen LogP contribution in [0.15, 0.2) is 0 Å². The summed E-state index contributed by atoms with van der Waals surface area (Å²) >= 11 is 0. The van der Waals surface area contributed by atoms with Crippen molar-refractivity contribution in [3.8, 4) is 0 Å². The zero-order chi connectivity index (χ0) is 9.40. The molecule has 72 valence electrons. The molecule has 0 aromatic rings. The van der Waals surface area contributed by atoms with Crippen LogP contribution in [0.3, 0.4) is 0 Å². The Balaban J connectivity index is 0. The van der Waals surface area contributed by atoms with Crippen molar-refractivity contribution in [1.29, 1.82) is 0 Å². The van der Waals surface area contributed by atoms with Crippen molar-refractivity contribution in [2.75, 3.05) is 6.61 Å². The van der Waals surface area contributed by atoms with Crippen LogP contribution in [0.1, 0.15) is 39.5 Å². The zero-order valence-corrected chi connectivity index (χ0v) is 16.1. The molecule has 5 heteroatoms. The quantitative estimate of drug-likeness (QED) is 0.510. The predicted molar refractivity (Wildman–Crippen MR) is 45.7 cm³/mol. The largest absolute Gasteiger partial charge is 1.00 e. The van der Waals surface area contributed by atoms with Gasteiger partial charge in [0.25, 0.3) is 0 Å². The van der Waals surface area contributed by atoms with Crippen LogP contribution >= 0.6 is 0 Å². The summed E-state index contributed by atoms with van der Waals surface area (Å²) in [5, 5.41) is 0. The van der Waals surface area contributed by atoms with Crippen molar-refractivity contribution in [1.82, 2.24) is 0 Å². The molecule has 0 rings (SSSR count). The molecule has 0 N–H and O–H groups in total. The maximum Gasteiger partial charge on any atom is 1.00 e. The molecule has 0 amide bonds. The summed E-state index contributed by atoms with van der Waals surface area (Å²) in [7, 11) is -2.96. The fraction of sp³-hybridized carbons (Fsp3) is 1.00. The minimum atomic E-state index is -2.96. The first kappa shape index (κ1) is 17.1. The Morgan fingerprint density at radius 3 is 2.46 bits per heavy atom. The van der Waals surface area contributed by atoms with Crippen LogP contribution in [-0.4, -0.2) is 15.8 Å². The number of rotatable bonds is 7. The van der Waals surface area contributed by atoms with Gasteiger partial charge in [0.15, 0.2) is 0 Å². The summed E-state index contributed by atoms with van der Waals surface area (Å²) in [5.41, 5.74) is 0. The van der Waals surface area contributed by atoms with E-state index in [9.17, 15) is 9.26 Å². The smallest absolute Gasteiger partial charge is 0.588 e. The van der Waals surface area contributed by atoms with E-state index in [0.717, 1.165) is 25.7 Å². The average Bonchev–Trinajstić information content (AvgIpc) is 2.05. The SMILES string of the molecule is CCCCC(CC)CO[Si](=O)[O-].[Cs+]. The van der Waals surface area contributed by atoms with Crippen molar-refractivity contribution in [3.05, 3.63) is 0 Å². The van der Waals surface area contributed by atoms with Crippen molar-refractivity contribution < 1.29 is 82.6 Å². The standard InChI is InChI=1S/C8H17O3Si.Cs/c1-3-5-6-8(4-2)7-11-12(9)10;/h8H,3-7H2,1-2H3;/q-1;+1. The minimum Gasteiger partial charge on any atom is -0.588 e. The van der Waals surface area contributed by atoms with E-state index in [0.29, 0.717) is 12.5 Å². The van der Waals surface area contributed by atoms with Gasteiger partial charge >= 0.3 is 78.1 Å². The summed E-state index contributed by atoms with van der Waals surface area (Å²) in [6.45, 7) is 4.56. The van der Waals surface area contributed by atoms with Gasteiger partial charge in [-0.2, -0.15) is 0 Å². The first-order chi connectivity index (χ1) is 5.70. The molecule has 1 unspecified atom stereocenters. The van der Waals surface area contributed by atoms with E-state index in [2.05, 4.69) is 18.3 Å². The van der Waals surface area contributed by atoms with Gasteiger partial charge in [-0.3, -0.25) is 0 Å². The van der Waals surface area contributed by atoms with Gasteiger partial charge in [-0.25, -0.2) is 0 Å². The number of unbranched alkanes of at least 4 members (excludes halogenated alkanes) is 1. The average molecular weight is 322 g/mol. The third-order valence-electron chi connectivity index (χ3n) is 1.98. The molecule has 0 radical (unpaired) electrons. The van der Waals surface area contributed by atoms with E-state index in [1.54, 1.807) is 0 Å². The van der Waals surface area contributed by atoms with Gasteiger partial charge in [0.05, 0.1) is 0 Å². The van der Waals surface area contributed by atoms with E-state index < -0.39 is 9.17 Å². The Hall–Kier alpha value is 1.67. The van der Waals surface area contributed by atoms with Crippen LogP contribution in [-0.2, 0) is 8.89 Å². The molecule has 1 atom stereocenters. The second kappa shape index (κ2) is 11.7. The second-order valence-electron chi connectivity index (χ2n) is 2.98. The van der Waals surface area contributed by atoms with Crippen LogP contribution in [0.25, 0.3) is 0 Å². The Bertz CT molecular complexity index is 133. The molecule has 0 aliphatic carbocycles. The predicted octanol–water partition coefficient (Wildman–Crippen LogP) is -2.00. The first-order valence-corrected chi connectivity index (χ1v) is 5.76. The van der Waals surface area contributed by atoms with Gasteiger partial charge in [-0.1, -0.05) is 33.1 Å². The second-order valence-corrected chi connectivity index (χ2v) is 3.77. The van der Waals surface area contributed by atoms with Crippen LogP contribution < -0.4 is 73.7 Å². The van der Waals surface area contributed by atoms with E-state index in [-0.39, 0.29) is 68.9 Å². The molecule has 0 saturated carbocycles. The zero-order valence-electron chi connectivity index (χ0n) is 8.84. The fourth-order valence-corrected chi connectivity index (χ4v) is 1.46. The van der Waals surface area contributed by atoms with Crippen molar-refractivity contribution in [3.63, 3.8) is 0 Å². The normalized spacial score (nSPS) is 11.5. The molecule has 0 aliphatic rings. The molecular weight excluding hydrogens is 305 g/mol. The molecule has 0 fully saturated rings. The van der Waals surface area contributed by atoms with E-state index in [1.807, 2.05) is 0 Å². The maximum atomic E-state index is 10.1. The van der Waals surface area contributed by atoms with Crippen LogP contribution in [0.5, 0.6) is 0 Å². The van der Waals surface area contributed by atoms with Crippen molar-refractivity contribution >= 4 is 9.17 Å². The first-order valence-electron chi connectivity index (χ1n) is 4.54. The molecule has 3 nitrogen and oxygen atoms in total. The summed E-state index contributed by atoms with van der Waals surface area (Å²) < 4.78 is 14.7. The molecule has 0 aromatic carbocycles. The summed E-state index contributed by atoms with van der Waals surface area (Å²) in [5.74, 6) is 0.410. The van der Waals surface area contributed by atoms with Gasteiger partial charge in [-0.15, -0.1) is 0 Å². The molecule has 13 heavy (non-hydrogen) atoms. The summed E-state index contributed by atoms with van der Waals surface area (Å²) in [6, 6.07) is 0. The molecule has 0 heterocycles. The van der Waals surface area contributed by atoms with Crippen molar-refractivity contribution in [2.45, 2.75) is 39.5 Å². The van der Waals surface area contributed by atoms with Crippen LogP contribution in [0.4, 0.5) is 0 Å². The van der Waals surface area contributed by atoms with E-state index in [4.69, 9.17) is 0 Å². The third kappa shape index (κ3) is 11.6. The van der Waals surface area contributed by atoms with Crippen LogP contribution in [0, 0.1) is 5.92 Å². The third-order valence-corrected chi connectivity index (χ3v) is 2.38. The number of hydrogen-bond acceptors (Lipinski definition) is 3. The van der Waals surface area contributed by atoms with E-state index in [1.165, 1.54) is 0 Å². The Labute approximate surface area is 141 Å². The Morgan fingerprint density at radius 1 is 1.46 bits per heavy atom. The van der Waals surface area contributed by atoms with Gasteiger partial charge in [0.2, 0.25) is 0 Å². The Morgan fingerprint density at radius 2 is 2.08 bits per heavy atom. The monoisotopic (exact) mass is 322 g/mol. The molecule has 0 spiro atoms. The Kier molecular flexibility index (Phi) is 15.4.